The van der Waals surface area contributed by atoms with E-state index in [1.165, 1.54) is 5.56 Å². The van der Waals surface area contributed by atoms with Gasteiger partial charge < -0.3 is 10.1 Å². The molecule has 4 heteroatoms. The molecule has 2 aromatic carbocycles. The molecule has 0 saturated carbocycles. The largest absolute Gasteiger partial charge is 0.392 e. The number of nitrogens with zero attached hydrogens (tertiary/aromatic N) is 1. The Morgan fingerprint density at radius 2 is 1.73 bits per heavy atom. The van der Waals surface area contributed by atoms with Gasteiger partial charge in [-0.3, -0.25) is 9.69 Å². The molecule has 26 heavy (non-hydrogen) atoms. The SMILES string of the molecule is O=C(c1[nH]c2ccccc2c1CO)C1CCN(Cc2ccccc2)CC1. The highest BCUT2D eigenvalue weighted by Crippen LogP contribution is 2.28. The number of carbonyl (C=O) groups excluding carboxylic acids is 1. The van der Waals surface area contributed by atoms with Crippen molar-refractivity contribution >= 4 is 16.7 Å². The van der Waals surface area contributed by atoms with Crippen molar-refractivity contribution in [1.82, 2.24) is 9.88 Å². The van der Waals surface area contributed by atoms with Gasteiger partial charge in [0.15, 0.2) is 5.78 Å². The average Bonchev–Trinajstić information content (AvgIpc) is 3.07. The van der Waals surface area contributed by atoms with Crippen LogP contribution in [0.25, 0.3) is 10.9 Å². The number of hydrogen-bond donors (Lipinski definition) is 2. The van der Waals surface area contributed by atoms with Crippen molar-refractivity contribution in [2.24, 2.45) is 5.92 Å². The van der Waals surface area contributed by atoms with Crippen LogP contribution in [0.3, 0.4) is 0 Å². The molecular formula is C22H24N2O2. The number of para-hydroxylation sites is 1. The second-order valence-corrected chi connectivity index (χ2v) is 7.08. The maximum Gasteiger partial charge on any atom is 0.182 e. The Kier molecular flexibility index (Phi) is 4.87. The number of H-pyrrole nitrogens is 1. The van der Waals surface area contributed by atoms with E-state index in [2.05, 4.69) is 34.1 Å². The number of benzene rings is 2. The van der Waals surface area contributed by atoms with Gasteiger partial charge in [0.2, 0.25) is 0 Å². The highest BCUT2D eigenvalue weighted by atomic mass is 16.3. The molecule has 2 N–H and O–H groups in total. The predicted molar refractivity (Wildman–Crippen MR) is 103 cm³/mol. The molecule has 0 bridgehead atoms. The van der Waals surface area contributed by atoms with Gasteiger partial charge in [-0.05, 0) is 37.6 Å². The van der Waals surface area contributed by atoms with Gasteiger partial charge in [-0.25, -0.2) is 0 Å². The summed E-state index contributed by atoms with van der Waals surface area (Å²) in [6, 6.07) is 18.3. The van der Waals surface area contributed by atoms with Gasteiger partial charge in [-0.1, -0.05) is 48.5 Å². The van der Waals surface area contributed by atoms with E-state index in [0.29, 0.717) is 5.69 Å². The maximum absolute atomic E-state index is 13.1. The van der Waals surface area contributed by atoms with E-state index in [9.17, 15) is 9.90 Å². The molecule has 0 radical (unpaired) electrons. The number of fused-ring (bicyclic) bond motifs is 1. The third-order valence-corrected chi connectivity index (χ3v) is 5.43. The Hall–Kier alpha value is -2.43. The van der Waals surface area contributed by atoms with Gasteiger partial charge in [0.1, 0.15) is 0 Å². The zero-order chi connectivity index (χ0) is 17.9. The number of likely N-dealkylation sites (tertiary alicyclic amines) is 1. The molecule has 2 heterocycles. The molecule has 1 fully saturated rings. The lowest BCUT2D eigenvalue weighted by molar-refractivity contribution is 0.0827. The lowest BCUT2D eigenvalue weighted by Gasteiger charge is -2.31. The zero-order valence-electron chi connectivity index (χ0n) is 14.8. The molecule has 3 aromatic rings. The van der Waals surface area contributed by atoms with Crippen LogP contribution in [-0.4, -0.2) is 33.9 Å². The van der Waals surface area contributed by atoms with E-state index in [0.717, 1.165) is 48.9 Å². The molecule has 4 rings (SSSR count). The summed E-state index contributed by atoms with van der Waals surface area (Å²) in [5.41, 5.74) is 3.56. The number of nitrogens with one attached hydrogen (secondary N) is 1. The van der Waals surface area contributed by atoms with Crippen molar-refractivity contribution in [1.29, 1.82) is 0 Å². The molecule has 0 spiro atoms. The number of aromatic nitrogens is 1. The number of carbonyl (C=O) groups is 1. The molecule has 134 valence electrons. The van der Waals surface area contributed by atoms with Gasteiger partial charge in [-0.15, -0.1) is 0 Å². The Morgan fingerprint density at radius 3 is 2.46 bits per heavy atom. The summed E-state index contributed by atoms with van der Waals surface area (Å²) in [5, 5.41) is 10.7. The maximum atomic E-state index is 13.1. The summed E-state index contributed by atoms with van der Waals surface area (Å²) in [6.45, 7) is 2.69. The number of Topliss-reactive ketones (excluding diaryl/α,β-unsaturated/α-hetero) is 1. The van der Waals surface area contributed by atoms with E-state index < -0.39 is 0 Å². The third-order valence-electron chi connectivity index (χ3n) is 5.43. The Balaban J connectivity index is 1.45. The number of hydrogen-bond acceptors (Lipinski definition) is 3. The summed E-state index contributed by atoms with van der Waals surface area (Å²) in [7, 11) is 0. The van der Waals surface area contributed by atoms with Crippen LogP contribution in [-0.2, 0) is 13.2 Å². The number of ketones is 1. The number of aliphatic hydroxyl groups is 1. The first-order chi connectivity index (χ1) is 12.8. The van der Waals surface area contributed by atoms with Crippen LogP contribution in [0.2, 0.25) is 0 Å². The first-order valence-electron chi connectivity index (χ1n) is 9.27. The third kappa shape index (κ3) is 3.30. The molecular weight excluding hydrogens is 324 g/mol. The average molecular weight is 348 g/mol. The molecule has 1 aliphatic rings. The standard InChI is InChI=1S/C22H24N2O2/c25-15-19-18-8-4-5-9-20(18)23-21(19)22(26)17-10-12-24(13-11-17)14-16-6-2-1-3-7-16/h1-9,17,23,25H,10-15H2. The minimum Gasteiger partial charge on any atom is -0.392 e. The minimum atomic E-state index is -0.113. The first-order valence-corrected chi connectivity index (χ1v) is 9.27. The van der Waals surface area contributed by atoms with E-state index in [-0.39, 0.29) is 18.3 Å². The fourth-order valence-corrected chi connectivity index (χ4v) is 3.97. The van der Waals surface area contributed by atoms with Gasteiger partial charge >= 0.3 is 0 Å². The van der Waals surface area contributed by atoms with E-state index in [1.807, 2.05) is 30.3 Å². The van der Waals surface area contributed by atoms with Crippen LogP contribution in [0, 0.1) is 5.92 Å². The quantitative estimate of drug-likeness (QED) is 0.691. The highest BCUT2D eigenvalue weighted by Gasteiger charge is 2.28. The van der Waals surface area contributed by atoms with Crippen molar-refractivity contribution in [3.05, 3.63) is 71.4 Å². The summed E-state index contributed by atoms with van der Waals surface area (Å²) < 4.78 is 0. The molecule has 1 saturated heterocycles. The topological polar surface area (TPSA) is 56.3 Å². The van der Waals surface area contributed by atoms with Crippen molar-refractivity contribution in [3.63, 3.8) is 0 Å². The van der Waals surface area contributed by atoms with Crippen LogP contribution in [0.1, 0.15) is 34.5 Å². The fourth-order valence-electron chi connectivity index (χ4n) is 3.97. The van der Waals surface area contributed by atoms with Crippen LogP contribution in [0.15, 0.2) is 54.6 Å². The van der Waals surface area contributed by atoms with Crippen LogP contribution >= 0.6 is 0 Å². The van der Waals surface area contributed by atoms with Crippen LogP contribution in [0.5, 0.6) is 0 Å². The molecule has 1 aliphatic heterocycles. The first kappa shape index (κ1) is 17.0. The Labute approximate surface area is 153 Å². The smallest absolute Gasteiger partial charge is 0.182 e. The molecule has 4 nitrogen and oxygen atoms in total. The number of rotatable bonds is 5. The molecule has 1 aromatic heterocycles. The van der Waals surface area contributed by atoms with Crippen LogP contribution in [0.4, 0.5) is 0 Å². The van der Waals surface area contributed by atoms with E-state index in [1.54, 1.807) is 0 Å². The fraction of sp³-hybridized carbons (Fsp3) is 0.318. The lowest BCUT2D eigenvalue weighted by Crippen LogP contribution is -2.36. The van der Waals surface area contributed by atoms with Crippen molar-refractivity contribution in [3.8, 4) is 0 Å². The lowest BCUT2D eigenvalue weighted by atomic mass is 9.89. The molecule has 0 atom stereocenters. The number of aromatic amines is 1. The number of piperidine rings is 1. The Bertz CT molecular complexity index is 893. The summed E-state index contributed by atoms with van der Waals surface area (Å²) in [5.74, 6) is 0.171. The number of aliphatic hydroxyl groups excluding tert-OH is 1. The van der Waals surface area contributed by atoms with E-state index >= 15 is 0 Å². The van der Waals surface area contributed by atoms with Gasteiger partial charge in [0.05, 0.1) is 12.3 Å². The van der Waals surface area contributed by atoms with Crippen molar-refractivity contribution < 1.29 is 9.90 Å². The molecule has 0 unspecified atom stereocenters. The van der Waals surface area contributed by atoms with Gasteiger partial charge in [0, 0.05) is 28.9 Å². The minimum absolute atomic E-state index is 0.0281. The second-order valence-electron chi connectivity index (χ2n) is 7.08. The molecule has 0 amide bonds. The van der Waals surface area contributed by atoms with E-state index in [4.69, 9.17) is 0 Å². The second kappa shape index (κ2) is 7.44. The summed E-state index contributed by atoms with van der Waals surface area (Å²) in [6.07, 6.45) is 1.73. The van der Waals surface area contributed by atoms with Crippen molar-refractivity contribution in [2.75, 3.05) is 13.1 Å². The highest BCUT2D eigenvalue weighted by molar-refractivity contribution is 6.03. The van der Waals surface area contributed by atoms with Crippen LogP contribution < -0.4 is 0 Å². The van der Waals surface area contributed by atoms with Gasteiger partial charge in [0.25, 0.3) is 0 Å². The monoisotopic (exact) mass is 348 g/mol. The van der Waals surface area contributed by atoms with Gasteiger partial charge in [-0.2, -0.15) is 0 Å². The summed E-state index contributed by atoms with van der Waals surface area (Å²) >= 11 is 0. The zero-order valence-corrected chi connectivity index (χ0v) is 14.8. The summed E-state index contributed by atoms with van der Waals surface area (Å²) in [4.78, 5) is 18.7. The molecule has 0 aliphatic carbocycles. The Morgan fingerprint density at radius 1 is 1.04 bits per heavy atom. The normalized spacial score (nSPS) is 16.2. The predicted octanol–water partition coefficient (Wildman–Crippen LogP) is 3.76. The van der Waals surface area contributed by atoms with Crippen molar-refractivity contribution in [2.45, 2.75) is 26.0 Å².